The normalized spacial score (nSPS) is 11.7. The van der Waals surface area contributed by atoms with Gasteiger partial charge in [0.25, 0.3) is 0 Å². The minimum absolute atomic E-state index is 0.911. The van der Waals surface area contributed by atoms with Crippen molar-refractivity contribution >= 4 is 54.3 Å². The summed E-state index contributed by atoms with van der Waals surface area (Å²) in [5.74, 6) is 0. The third-order valence-electron chi connectivity index (χ3n) is 8.83. The molecule has 0 radical (unpaired) electrons. The SMILES string of the molecule is c1ccc(-c2ccc3c(c2)oc2cc(-c4ccc5ccc(-c6cc7ccccc7c7ccccc67)cc5c4)ccc23)cc1. The quantitative estimate of drug-likeness (QED) is 0.201. The van der Waals surface area contributed by atoms with E-state index in [-0.39, 0.29) is 0 Å². The maximum atomic E-state index is 6.42. The van der Waals surface area contributed by atoms with Gasteiger partial charge in [-0.25, -0.2) is 0 Å². The van der Waals surface area contributed by atoms with Crippen LogP contribution in [0.1, 0.15) is 0 Å². The minimum atomic E-state index is 0.911. The van der Waals surface area contributed by atoms with Crippen molar-refractivity contribution in [3.63, 3.8) is 0 Å². The van der Waals surface area contributed by atoms with E-state index >= 15 is 0 Å². The third-order valence-corrected chi connectivity index (χ3v) is 8.83. The van der Waals surface area contributed by atoms with Gasteiger partial charge in [0, 0.05) is 10.8 Å². The largest absolute Gasteiger partial charge is 0.456 e. The highest BCUT2D eigenvalue weighted by Crippen LogP contribution is 2.38. The van der Waals surface area contributed by atoms with Crippen molar-refractivity contribution in [2.45, 2.75) is 0 Å². The molecule has 1 heteroatoms. The number of hydrogen-bond donors (Lipinski definition) is 0. The van der Waals surface area contributed by atoms with Crippen molar-refractivity contribution < 1.29 is 4.42 Å². The second-order valence-corrected chi connectivity index (χ2v) is 11.4. The summed E-state index contributed by atoms with van der Waals surface area (Å²) in [7, 11) is 0. The van der Waals surface area contributed by atoms with E-state index in [0.29, 0.717) is 0 Å². The molecule has 0 saturated heterocycles. The number of benzene rings is 8. The Kier molecular flexibility index (Phi) is 5.27. The smallest absolute Gasteiger partial charge is 0.136 e. The van der Waals surface area contributed by atoms with Crippen LogP contribution in [0.4, 0.5) is 0 Å². The fraction of sp³-hybridized carbons (Fsp3) is 0. The van der Waals surface area contributed by atoms with Crippen molar-refractivity contribution in [3.8, 4) is 33.4 Å². The van der Waals surface area contributed by atoms with E-state index in [4.69, 9.17) is 4.42 Å². The van der Waals surface area contributed by atoms with Crippen LogP contribution in [-0.4, -0.2) is 0 Å². The fourth-order valence-corrected chi connectivity index (χ4v) is 6.65. The highest BCUT2D eigenvalue weighted by molar-refractivity contribution is 6.14. The summed E-state index contributed by atoms with van der Waals surface area (Å²) in [6, 6.07) is 56.9. The zero-order chi connectivity index (χ0) is 28.3. The molecule has 1 heterocycles. The highest BCUT2D eigenvalue weighted by Gasteiger charge is 2.12. The third kappa shape index (κ3) is 3.94. The van der Waals surface area contributed by atoms with Crippen LogP contribution in [0, 0.1) is 0 Å². The van der Waals surface area contributed by atoms with Crippen molar-refractivity contribution in [2.24, 2.45) is 0 Å². The van der Waals surface area contributed by atoms with E-state index in [9.17, 15) is 0 Å². The summed E-state index contributed by atoms with van der Waals surface area (Å²) in [6.07, 6.45) is 0. The number of rotatable bonds is 3. The van der Waals surface area contributed by atoms with Crippen molar-refractivity contribution in [3.05, 3.63) is 158 Å². The first-order chi connectivity index (χ1) is 21.3. The van der Waals surface area contributed by atoms with Crippen LogP contribution in [0.3, 0.4) is 0 Å². The van der Waals surface area contributed by atoms with Gasteiger partial charge in [-0.05, 0) is 108 Å². The standard InChI is InChI=1S/C42H26O/c1-2-8-27(9-3-1)30-18-20-38-39-21-19-31(26-42(39)43-41(38)25-30)29-16-14-28-15-17-33(23-34(28)22-29)40-24-32-10-4-5-11-35(32)36-12-6-7-13-37(36)40/h1-26H. The Hall–Kier alpha value is -5.66. The average Bonchev–Trinajstić information content (AvgIpc) is 3.45. The molecule has 8 aromatic carbocycles. The minimum Gasteiger partial charge on any atom is -0.456 e. The van der Waals surface area contributed by atoms with Crippen LogP contribution < -0.4 is 0 Å². The molecule has 0 fully saturated rings. The van der Waals surface area contributed by atoms with Gasteiger partial charge in [-0.2, -0.15) is 0 Å². The van der Waals surface area contributed by atoms with Crippen molar-refractivity contribution in [1.82, 2.24) is 0 Å². The second-order valence-electron chi connectivity index (χ2n) is 11.4. The highest BCUT2D eigenvalue weighted by atomic mass is 16.3. The van der Waals surface area contributed by atoms with Crippen LogP contribution in [0.25, 0.3) is 87.6 Å². The van der Waals surface area contributed by atoms with E-state index in [0.717, 1.165) is 33.1 Å². The van der Waals surface area contributed by atoms with Crippen LogP contribution >= 0.6 is 0 Å². The lowest BCUT2D eigenvalue weighted by Gasteiger charge is -2.12. The summed E-state index contributed by atoms with van der Waals surface area (Å²) >= 11 is 0. The van der Waals surface area contributed by atoms with Crippen LogP contribution in [-0.2, 0) is 0 Å². The van der Waals surface area contributed by atoms with E-state index in [1.165, 1.54) is 54.6 Å². The molecule has 0 atom stereocenters. The van der Waals surface area contributed by atoms with Crippen LogP contribution in [0.5, 0.6) is 0 Å². The molecule has 200 valence electrons. The van der Waals surface area contributed by atoms with Gasteiger partial charge in [0.1, 0.15) is 11.2 Å². The molecule has 0 amide bonds. The molecule has 0 spiro atoms. The second kappa shape index (κ2) is 9.44. The molecule has 0 saturated carbocycles. The Morgan fingerprint density at radius 3 is 1.60 bits per heavy atom. The van der Waals surface area contributed by atoms with E-state index in [2.05, 4.69) is 152 Å². The van der Waals surface area contributed by atoms with Gasteiger partial charge >= 0.3 is 0 Å². The first kappa shape index (κ1) is 24.0. The molecule has 1 aromatic heterocycles. The summed E-state index contributed by atoms with van der Waals surface area (Å²) < 4.78 is 6.42. The molecule has 0 unspecified atom stereocenters. The lowest BCUT2D eigenvalue weighted by molar-refractivity contribution is 0.669. The molecule has 9 rings (SSSR count). The van der Waals surface area contributed by atoms with E-state index < -0.39 is 0 Å². The molecule has 0 aliphatic carbocycles. The molecule has 43 heavy (non-hydrogen) atoms. The summed E-state index contributed by atoms with van der Waals surface area (Å²) in [4.78, 5) is 0. The number of furan rings is 1. The zero-order valence-corrected chi connectivity index (χ0v) is 23.4. The Labute approximate surface area is 249 Å². The maximum Gasteiger partial charge on any atom is 0.136 e. The van der Waals surface area contributed by atoms with Crippen LogP contribution in [0.2, 0.25) is 0 Å². The number of hydrogen-bond acceptors (Lipinski definition) is 1. The lowest BCUT2D eigenvalue weighted by atomic mass is 9.92. The molecule has 0 N–H and O–H groups in total. The van der Waals surface area contributed by atoms with Crippen LogP contribution in [0.15, 0.2) is 162 Å². The van der Waals surface area contributed by atoms with Gasteiger partial charge in [-0.3, -0.25) is 0 Å². The van der Waals surface area contributed by atoms with Gasteiger partial charge in [-0.15, -0.1) is 0 Å². The van der Waals surface area contributed by atoms with E-state index in [1.54, 1.807) is 0 Å². The van der Waals surface area contributed by atoms with Gasteiger partial charge < -0.3 is 4.42 Å². The van der Waals surface area contributed by atoms with Gasteiger partial charge in [0.05, 0.1) is 0 Å². The topological polar surface area (TPSA) is 13.1 Å². The number of fused-ring (bicyclic) bond motifs is 7. The maximum absolute atomic E-state index is 6.42. The van der Waals surface area contributed by atoms with Gasteiger partial charge in [0.15, 0.2) is 0 Å². The van der Waals surface area contributed by atoms with Gasteiger partial charge in [0.2, 0.25) is 0 Å². The fourth-order valence-electron chi connectivity index (χ4n) is 6.65. The summed E-state index contributed by atoms with van der Waals surface area (Å²) in [5.41, 5.74) is 9.01. The van der Waals surface area contributed by atoms with Crippen molar-refractivity contribution in [2.75, 3.05) is 0 Å². The molecular formula is C42H26O. The van der Waals surface area contributed by atoms with Gasteiger partial charge in [-0.1, -0.05) is 115 Å². The molecule has 1 nitrogen and oxygen atoms in total. The Balaban J connectivity index is 1.15. The zero-order valence-electron chi connectivity index (χ0n) is 23.4. The lowest BCUT2D eigenvalue weighted by Crippen LogP contribution is -1.85. The van der Waals surface area contributed by atoms with Crippen molar-refractivity contribution in [1.29, 1.82) is 0 Å². The Bertz CT molecular complexity index is 2500. The summed E-state index contributed by atoms with van der Waals surface area (Å²) in [6.45, 7) is 0. The first-order valence-corrected chi connectivity index (χ1v) is 14.8. The monoisotopic (exact) mass is 546 g/mol. The predicted octanol–water partition coefficient (Wildman–Crippen LogP) is 12.0. The van der Waals surface area contributed by atoms with E-state index in [1.807, 2.05) is 6.07 Å². The Morgan fingerprint density at radius 1 is 0.279 bits per heavy atom. The first-order valence-electron chi connectivity index (χ1n) is 14.8. The predicted molar refractivity (Wildman–Crippen MR) is 183 cm³/mol. The average molecular weight is 547 g/mol. The molecule has 0 bridgehead atoms. The molecule has 0 aliphatic heterocycles. The summed E-state index contributed by atoms with van der Waals surface area (Å²) in [5, 5.41) is 9.88. The Morgan fingerprint density at radius 2 is 0.837 bits per heavy atom. The molecule has 9 aromatic rings. The molecular weight excluding hydrogens is 520 g/mol. The molecule has 0 aliphatic rings.